The van der Waals surface area contributed by atoms with Crippen LogP contribution in [-0.4, -0.2) is 27.2 Å². The fourth-order valence-corrected chi connectivity index (χ4v) is 2.39. The Labute approximate surface area is 122 Å². The number of benzene rings is 1. The number of aromatic amines is 1. The third-order valence-electron chi connectivity index (χ3n) is 3.19. The molecule has 0 spiro atoms. The van der Waals surface area contributed by atoms with Gasteiger partial charge in [-0.3, -0.25) is 4.79 Å². The van der Waals surface area contributed by atoms with Crippen molar-refractivity contribution in [2.75, 3.05) is 11.5 Å². The van der Waals surface area contributed by atoms with Gasteiger partial charge in [-0.15, -0.1) is 0 Å². The summed E-state index contributed by atoms with van der Waals surface area (Å²) in [6, 6.07) is 5.52. The lowest BCUT2D eigenvalue weighted by Gasteiger charge is -2.24. The number of carbonyl (C=O) groups excluding carboxylic acids is 1. The zero-order valence-electron chi connectivity index (χ0n) is 12.0. The van der Waals surface area contributed by atoms with E-state index in [-0.39, 0.29) is 11.4 Å². The zero-order valence-corrected chi connectivity index (χ0v) is 12.8. The van der Waals surface area contributed by atoms with Gasteiger partial charge in [0.15, 0.2) is 5.16 Å². The maximum Gasteiger partial charge on any atom is 0.230 e. The second-order valence-corrected chi connectivity index (χ2v) is 6.36. The summed E-state index contributed by atoms with van der Waals surface area (Å²) < 4.78 is 0. The van der Waals surface area contributed by atoms with E-state index in [0.717, 1.165) is 22.6 Å². The number of nitrogen functional groups attached to an aromatic ring is 1. The summed E-state index contributed by atoms with van der Waals surface area (Å²) in [5.41, 5.74) is 8.00. The molecule has 108 valence electrons. The van der Waals surface area contributed by atoms with Crippen molar-refractivity contribution in [1.29, 1.82) is 0 Å². The van der Waals surface area contributed by atoms with E-state index in [1.165, 1.54) is 11.8 Å². The summed E-state index contributed by atoms with van der Waals surface area (Å²) in [7, 11) is 0. The molecule has 20 heavy (non-hydrogen) atoms. The molecule has 0 bridgehead atoms. The quantitative estimate of drug-likeness (QED) is 0.584. The van der Waals surface area contributed by atoms with Gasteiger partial charge < -0.3 is 16.0 Å². The Morgan fingerprint density at radius 1 is 1.50 bits per heavy atom. The molecule has 1 aromatic heterocycles. The molecule has 5 nitrogen and oxygen atoms in total. The number of rotatable bonds is 5. The summed E-state index contributed by atoms with van der Waals surface area (Å²) in [5, 5.41) is 3.73. The van der Waals surface area contributed by atoms with Crippen LogP contribution in [0.3, 0.4) is 0 Å². The molecule has 0 aliphatic heterocycles. The Kier molecular flexibility index (Phi) is 4.23. The van der Waals surface area contributed by atoms with E-state index in [4.69, 9.17) is 5.73 Å². The summed E-state index contributed by atoms with van der Waals surface area (Å²) in [6.07, 6.45) is 0.896. The topological polar surface area (TPSA) is 83.8 Å². The van der Waals surface area contributed by atoms with Crippen molar-refractivity contribution in [3.05, 3.63) is 18.2 Å². The molecule has 0 saturated heterocycles. The van der Waals surface area contributed by atoms with E-state index in [1.807, 2.05) is 32.0 Å². The van der Waals surface area contributed by atoms with E-state index < -0.39 is 0 Å². The van der Waals surface area contributed by atoms with E-state index >= 15 is 0 Å². The van der Waals surface area contributed by atoms with E-state index in [0.29, 0.717) is 11.4 Å². The number of nitrogens with two attached hydrogens (primary N) is 1. The van der Waals surface area contributed by atoms with E-state index in [1.54, 1.807) is 0 Å². The molecule has 0 aliphatic carbocycles. The monoisotopic (exact) mass is 292 g/mol. The number of hydrogen-bond acceptors (Lipinski definition) is 4. The molecule has 1 heterocycles. The molecule has 1 aromatic carbocycles. The number of aromatic nitrogens is 2. The summed E-state index contributed by atoms with van der Waals surface area (Å²) in [4.78, 5) is 19.4. The van der Waals surface area contributed by atoms with Crippen LogP contribution in [0.15, 0.2) is 23.4 Å². The van der Waals surface area contributed by atoms with Crippen molar-refractivity contribution in [3.8, 4) is 0 Å². The fraction of sp³-hybridized carbons (Fsp3) is 0.429. The minimum Gasteiger partial charge on any atom is -0.399 e. The van der Waals surface area contributed by atoms with Crippen LogP contribution in [0.4, 0.5) is 5.69 Å². The highest BCUT2D eigenvalue weighted by Crippen LogP contribution is 2.21. The molecule has 0 saturated carbocycles. The number of carbonyl (C=O) groups is 1. The number of H-pyrrole nitrogens is 1. The SMILES string of the molecule is CCC(C)(C)NC(=O)CSc1nc2ccc(N)cc2[nH]1. The van der Waals surface area contributed by atoms with Gasteiger partial charge >= 0.3 is 0 Å². The maximum absolute atomic E-state index is 11.9. The molecule has 0 fully saturated rings. The Morgan fingerprint density at radius 2 is 2.25 bits per heavy atom. The minimum absolute atomic E-state index is 0.0156. The molecular weight excluding hydrogens is 272 g/mol. The van der Waals surface area contributed by atoms with Crippen LogP contribution in [0.25, 0.3) is 11.0 Å². The van der Waals surface area contributed by atoms with Gasteiger partial charge in [0, 0.05) is 11.2 Å². The van der Waals surface area contributed by atoms with Crippen LogP contribution in [-0.2, 0) is 4.79 Å². The van der Waals surface area contributed by atoms with Crippen LogP contribution in [0.1, 0.15) is 27.2 Å². The van der Waals surface area contributed by atoms with Crippen LogP contribution in [0.2, 0.25) is 0 Å². The number of imidazole rings is 1. The zero-order chi connectivity index (χ0) is 14.8. The first-order valence-electron chi connectivity index (χ1n) is 6.59. The Morgan fingerprint density at radius 3 is 2.95 bits per heavy atom. The largest absolute Gasteiger partial charge is 0.399 e. The standard InChI is InChI=1S/C14H20N4OS/c1-4-14(2,3)18-12(19)8-20-13-16-10-6-5-9(15)7-11(10)17-13/h5-7H,4,8,15H2,1-3H3,(H,16,17)(H,18,19). The Bertz CT molecular complexity index is 621. The fourth-order valence-electron chi connectivity index (χ4n) is 1.71. The van der Waals surface area contributed by atoms with Crippen LogP contribution in [0, 0.1) is 0 Å². The lowest BCUT2D eigenvalue weighted by molar-refractivity contribution is -0.120. The number of amides is 1. The van der Waals surface area contributed by atoms with Gasteiger partial charge in [0.2, 0.25) is 5.91 Å². The molecule has 2 rings (SSSR count). The van der Waals surface area contributed by atoms with Gasteiger partial charge in [0.05, 0.1) is 16.8 Å². The van der Waals surface area contributed by atoms with Crippen molar-refractivity contribution in [1.82, 2.24) is 15.3 Å². The van der Waals surface area contributed by atoms with Gasteiger partial charge in [-0.25, -0.2) is 4.98 Å². The van der Waals surface area contributed by atoms with Crippen molar-refractivity contribution >= 4 is 34.4 Å². The second kappa shape index (κ2) is 5.75. The highest BCUT2D eigenvalue weighted by atomic mass is 32.2. The maximum atomic E-state index is 11.9. The van der Waals surface area contributed by atoms with Crippen LogP contribution >= 0.6 is 11.8 Å². The molecule has 6 heteroatoms. The number of hydrogen-bond donors (Lipinski definition) is 3. The summed E-state index contributed by atoms with van der Waals surface area (Å²) >= 11 is 1.39. The molecule has 0 atom stereocenters. The van der Waals surface area contributed by atoms with Crippen LogP contribution < -0.4 is 11.1 Å². The van der Waals surface area contributed by atoms with Gasteiger partial charge in [-0.05, 0) is 38.5 Å². The van der Waals surface area contributed by atoms with Gasteiger partial charge in [-0.2, -0.15) is 0 Å². The number of nitrogens with zero attached hydrogens (tertiary/aromatic N) is 1. The molecule has 0 radical (unpaired) electrons. The average Bonchev–Trinajstić information content (AvgIpc) is 2.78. The summed E-state index contributed by atoms with van der Waals surface area (Å²) in [5.74, 6) is 0.362. The normalized spacial score (nSPS) is 11.8. The smallest absolute Gasteiger partial charge is 0.230 e. The second-order valence-electron chi connectivity index (χ2n) is 5.39. The molecule has 2 aromatic rings. The van der Waals surface area contributed by atoms with Gasteiger partial charge in [0.1, 0.15) is 0 Å². The third kappa shape index (κ3) is 3.66. The number of anilines is 1. The predicted molar refractivity (Wildman–Crippen MR) is 83.7 cm³/mol. The first-order chi connectivity index (χ1) is 9.39. The highest BCUT2D eigenvalue weighted by molar-refractivity contribution is 7.99. The number of nitrogens with one attached hydrogen (secondary N) is 2. The summed E-state index contributed by atoms with van der Waals surface area (Å²) in [6.45, 7) is 6.08. The molecule has 1 amide bonds. The van der Waals surface area contributed by atoms with Crippen LogP contribution in [0.5, 0.6) is 0 Å². The molecule has 0 unspecified atom stereocenters. The van der Waals surface area contributed by atoms with Crippen molar-refractivity contribution in [2.24, 2.45) is 0 Å². The average molecular weight is 292 g/mol. The van der Waals surface area contributed by atoms with Crippen molar-refractivity contribution in [2.45, 2.75) is 37.9 Å². The Balaban J connectivity index is 1.97. The predicted octanol–water partition coefficient (Wildman–Crippen LogP) is 2.54. The van der Waals surface area contributed by atoms with Gasteiger partial charge in [0.25, 0.3) is 0 Å². The molecule has 4 N–H and O–H groups in total. The lowest BCUT2D eigenvalue weighted by Crippen LogP contribution is -2.43. The highest BCUT2D eigenvalue weighted by Gasteiger charge is 2.18. The minimum atomic E-state index is -0.167. The lowest BCUT2D eigenvalue weighted by atomic mass is 10.0. The first kappa shape index (κ1) is 14.7. The Hall–Kier alpha value is -1.69. The number of fused-ring (bicyclic) bond motifs is 1. The first-order valence-corrected chi connectivity index (χ1v) is 7.57. The van der Waals surface area contributed by atoms with Crippen molar-refractivity contribution < 1.29 is 4.79 Å². The number of thioether (sulfide) groups is 1. The molecule has 0 aliphatic rings. The van der Waals surface area contributed by atoms with Gasteiger partial charge in [-0.1, -0.05) is 18.7 Å². The third-order valence-corrected chi connectivity index (χ3v) is 4.06. The van der Waals surface area contributed by atoms with Crippen molar-refractivity contribution in [3.63, 3.8) is 0 Å². The van der Waals surface area contributed by atoms with E-state index in [9.17, 15) is 4.79 Å². The molecular formula is C14H20N4OS. The van der Waals surface area contributed by atoms with E-state index in [2.05, 4.69) is 22.2 Å².